The van der Waals surface area contributed by atoms with E-state index in [9.17, 15) is 0 Å². The topological polar surface area (TPSA) is 50.5 Å². The van der Waals surface area contributed by atoms with Crippen molar-refractivity contribution in [2.24, 2.45) is 0 Å². The largest absolute Gasteiger partial charge is 0.459 e. The van der Waals surface area contributed by atoms with E-state index in [2.05, 4.69) is 15.2 Å². The summed E-state index contributed by atoms with van der Waals surface area (Å²) in [5, 5.41) is 4.78. The van der Waals surface area contributed by atoms with Gasteiger partial charge in [-0.05, 0) is 97.9 Å². The molecule has 7 heteroatoms. The van der Waals surface area contributed by atoms with E-state index in [4.69, 9.17) is 33.0 Å². The molecule has 0 unspecified atom stereocenters. The number of ether oxygens (including phenoxy) is 1. The number of benzene rings is 3. The third-order valence-electron chi connectivity index (χ3n) is 6.91. The lowest BCUT2D eigenvalue weighted by Gasteiger charge is -2.26. The monoisotopic (exact) mass is 551 g/mol. The van der Waals surface area contributed by atoms with Gasteiger partial charge in [0, 0.05) is 22.5 Å². The Morgan fingerprint density at radius 3 is 2.44 bits per heavy atom. The zero-order chi connectivity index (χ0) is 26.9. The van der Waals surface area contributed by atoms with Gasteiger partial charge in [0.2, 0.25) is 0 Å². The van der Waals surface area contributed by atoms with E-state index in [1.54, 1.807) is 6.20 Å². The number of furan rings is 1. The van der Waals surface area contributed by atoms with Crippen molar-refractivity contribution in [3.05, 3.63) is 131 Å². The molecule has 3 heterocycles. The number of aryl methyl sites for hydroxylation is 2. The van der Waals surface area contributed by atoms with Crippen molar-refractivity contribution in [2.75, 3.05) is 4.90 Å². The molecule has 2 aromatic heterocycles. The molecule has 3 aromatic carbocycles. The van der Waals surface area contributed by atoms with Crippen LogP contribution in [0.15, 0.2) is 108 Å². The molecule has 0 saturated carbocycles. The number of rotatable bonds is 6. The fourth-order valence-electron chi connectivity index (χ4n) is 4.81. The Morgan fingerprint density at radius 2 is 1.69 bits per heavy atom. The van der Waals surface area contributed by atoms with Gasteiger partial charge in [-0.2, -0.15) is 0 Å². The third-order valence-corrected chi connectivity index (χ3v) is 7.63. The maximum atomic E-state index is 6.46. The summed E-state index contributed by atoms with van der Waals surface area (Å²) in [6.45, 7) is 4.01. The Balaban J connectivity index is 1.36. The first kappa shape index (κ1) is 25.2. The van der Waals surface area contributed by atoms with Gasteiger partial charge in [0.15, 0.2) is 5.11 Å². The minimum atomic E-state index is -0.259. The second-order valence-electron chi connectivity index (χ2n) is 9.52. The Hall–Kier alpha value is -4.13. The van der Waals surface area contributed by atoms with Crippen LogP contribution in [-0.4, -0.2) is 10.1 Å². The number of thiocarbonyl (C=S) groups is 1. The molecule has 0 amide bonds. The van der Waals surface area contributed by atoms with Crippen LogP contribution in [0, 0.1) is 13.8 Å². The number of para-hydroxylation sites is 1. The Kier molecular flexibility index (Phi) is 6.81. The molecule has 39 heavy (non-hydrogen) atoms. The number of anilines is 1. The number of aromatic nitrogens is 1. The van der Waals surface area contributed by atoms with E-state index >= 15 is 0 Å². The summed E-state index contributed by atoms with van der Waals surface area (Å²) in [4.78, 5) is 6.71. The van der Waals surface area contributed by atoms with Crippen LogP contribution >= 0.6 is 23.8 Å². The molecule has 0 spiro atoms. The predicted molar refractivity (Wildman–Crippen MR) is 160 cm³/mol. The van der Waals surface area contributed by atoms with E-state index in [0.717, 1.165) is 51.1 Å². The van der Waals surface area contributed by atoms with Crippen LogP contribution in [-0.2, 0) is 0 Å². The number of pyridine rings is 1. The zero-order valence-electron chi connectivity index (χ0n) is 21.5. The molecule has 0 radical (unpaired) electrons. The van der Waals surface area contributed by atoms with Crippen LogP contribution in [0.4, 0.5) is 5.69 Å². The van der Waals surface area contributed by atoms with Crippen LogP contribution in [0.2, 0.25) is 5.02 Å². The van der Waals surface area contributed by atoms with Crippen LogP contribution in [0.1, 0.15) is 34.7 Å². The zero-order valence-corrected chi connectivity index (χ0v) is 23.0. The molecule has 2 atom stereocenters. The normalized spacial score (nSPS) is 16.8. The van der Waals surface area contributed by atoms with Crippen LogP contribution in [0.5, 0.6) is 11.5 Å². The van der Waals surface area contributed by atoms with Crippen molar-refractivity contribution in [1.29, 1.82) is 0 Å². The highest BCUT2D eigenvalue weighted by atomic mass is 35.5. The first-order valence-electron chi connectivity index (χ1n) is 12.7. The Morgan fingerprint density at radius 1 is 0.897 bits per heavy atom. The minimum Gasteiger partial charge on any atom is -0.459 e. The lowest BCUT2D eigenvalue weighted by molar-refractivity contribution is 0.439. The summed E-state index contributed by atoms with van der Waals surface area (Å²) >= 11 is 12.3. The number of nitrogens with one attached hydrogen (secondary N) is 1. The van der Waals surface area contributed by atoms with E-state index < -0.39 is 0 Å². The van der Waals surface area contributed by atoms with Gasteiger partial charge in [-0.3, -0.25) is 4.98 Å². The lowest BCUT2D eigenvalue weighted by atomic mass is 10.0. The third kappa shape index (κ3) is 5.01. The summed E-state index contributed by atoms with van der Waals surface area (Å²) in [5.41, 5.74) is 4.82. The molecule has 0 aliphatic carbocycles. The van der Waals surface area contributed by atoms with Gasteiger partial charge in [0.05, 0.1) is 11.7 Å². The van der Waals surface area contributed by atoms with Crippen molar-refractivity contribution in [2.45, 2.75) is 25.9 Å². The molecule has 1 fully saturated rings. The van der Waals surface area contributed by atoms with Gasteiger partial charge in [0.1, 0.15) is 29.1 Å². The summed E-state index contributed by atoms with van der Waals surface area (Å²) in [6, 6.07) is 31.2. The summed E-state index contributed by atoms with van der Waals surface area (Å²) in [7, 11) is 0. The SMILES string of the molecule is Cc1ccc(-c2ccc([C@@H]3[C@@H](c4ccccn4)NC(=S)N3c3ccc(Oc4ccccc4C)cc3)o2)cc1Cl. The van der Waals surface area contributed by atoms with Crippen molar-refractivity contribution < 1.29 is 9.15 Å². The van der Waals surface area contributed by atoms with Gasteiger partial charge in [-0.25, -0.2) is 0 Å². The molecule has 6 rings (SSSR count). The van der Waals surface area contributed by atoms with Gasteiger partial charge in [0.25, 0.3) is 0 Å². The first-order valence-corrected chi connectivity index (χ1v) is 13.5. The molecule has 5 aromatic rings. The highest BCUT2D eigenvalue weighted by Crippen LogP contribution is 2.43. The van der Waals surface area contributed by atoms with Crippen LogP contribution in [0.25, 0.3) is 11.3 Å². The van der Waals surface area contributed by atoms with Crippen molar-refractivity contribution in [1.82, 2.24) is 10.3 Å². The highest BCUT2D eigenvalue weighted by molar-refractivity contribution is 7.80. The second-order valence-corrected chi connectivity index (χ2v) is 10.3. The number of nitrogens with zero attached hydrogens (tertiary/aromatic N) is 2. The summed E-state index contributed by atoms with van der Waals surface area (Å²) < 4.78 is 12.6. The van der Waals surface area contributed by atoms with Crippen LogP contribution in [0.3, 0.4) is 0 Å². The van der Waals surface area contributed by atoms with Crippen molar-refractivity contribution in [3.63, 3.8) is 0 Å². The van der Waals surface area contributed by atoms with Gasteiger partial charge in [-0.15, -0.1) is 0 Å². The maximum absolute atomic E-state index is 6.46. The fraction of sp³-hybridized carbons (Fsp3) is 0.125. The number of halogens is 1. The quantitative estimate of drug-likeness (QED) is 0.213. The average molecular weight is 552 g/mol. The van der Waals surface area contributed by atoms with E-state index in [1.165, 1.54) is 0 Å². The number of hydrogen-bond acceptors (Lipinski definition) is 4. The molecule has 1 aliphatic heterocycles. The molecule has 5 nitrogen and oxygen atoms in total. The predicted octanol–water partition coefficient (Wildman–Crippen LogP) is 8.58. The molecular weight excluding hydrogens is 526 g/mol. The Labute approximate surface area is 238 Å². The Bertz CT molecular complexity index is 1640. The standard InChI is InChI=1S/C32H26ClN3O2S/c1-20-10-11-22(19-25(20)33)28-16-17-29(38-28)31-30(26-8-5-6-18-34-26)35-32(39)36(31)23-12-14-24(15-13-23)37-27-9-4-3-7-21(27)2/h3-19,30-31H,1-2H3,(H,35,39)/t30-,31-/m1/s1. The highest BCUT2D eigenvalue weighted by Gasteiger charge is 2.42. The second kappa shape index (κ2) is 10.6. The van der Waals surface area contributed by atoms with Crippen molar-refractivity contribution in [3.8, 4) is 22.8 Å². The molecule has 1 N–H and O–H groups in total. The lowest BCUT2D eigenvalue weighted by Crippen LogP contribution is -2.29. The van der Waals surface area contributed by atoms with Gasteiger partial charge < -0.3 is 19.4 Å². The molecule has 0 bridgehead atoms. The molecule has 1 aliphatic rings. The van der Waals surface area contributed by atoms with Crippen molar-refractivity contribution >= 4 is 34.6 Å². The minimum absolute atomic E-state index is 0.206. The molecule has 1 saturated heterocycles. The molecular formula is C32H26ClN3O2S. The summed E-state index contributed by atoms with van der Waals surface area (Å²) in [6.07, 6.45) is 1.79. The first-order chi connectivity index (χ1) is 19.0. The van der Waals surface area contributed by atoms with Gasteiger partial charge >= 0.3 is 0 Å². The van der Waals surface area contributed by atoms with Gasteiger partial charge in [-0.1, -0.05) is 48.0 Å². The smallest absolute Gasteiger partial charge is 0.174 e. The number of hydrogen-bond donors (Lipinski definition) is 1. The molecule has 194 valence electrons. The van der Waals surface area contributed by atoms with Crippen LogP contribution < -0.4 is 15.0 Å². The fourth-order valence-corrected chi connectivity index (χ4v) is 5.33. The summed E-state index contributed by atoms with van der Waals surface area (Å²) in [5.74, 6) is 3.09. The average Bonchev–Trinajstić information content (AvgIpc) is 3.57. The van der Waals surface area contributed by atoms with E-state index in [-0.39, 0.29) is 12.1 Å². The van der Waals surface area contributed by atoms with E-state index in [1.807, 2.05) is 111 Å². The maximum Gasteiger partial charge on any atom is 0.174 e. The van der Waals surface area contributed by atoms with E-state index in [0.29, 0.717) is 10.1 Å².